The highest BCUT2D eigenvalue weighted by molar-refractivity contribution is 5.84. The molecule has 58 valence electrons. The molecule has 1 unspecified atom stereocenters. The van der Waals surface area contributed by atoms with Crippen LogP contribution < -0.4 is 5.32 Å². The predicted molar refractivity (Wildman–Crippen MR) is 37.5 cm³/mol. The van der Waals surface area contributed by atoms with Crippen LogP contribution in [0.5, 0.6) is 0 Å². The van der Waals surface area contributed by atoms with Crippen molar-refractivity contribution < 1.29 is 9.90 Å². The van der Waals surface area contributed by atoms with E-state index < -0.39 is 5.72 Å². The van der Waals surface area contributed by atoms with Crippen LogP contribution in [0, 0.1) is 0 Å². The molecule has 1 heterocycles. The van der Waals surface area contributed by atoms with Crippen molar-refractivity contribution >= 4 is 5.78 Å². The minimum absolute atomic E-state index is 0.174. The lowest BCUT2D eigenvalue weighted by Gasteiger charge is -2.30. The SMILES string of the molecule is CC(=O)C1(O)CCCCN1. The standard InChI is InChI=1S/C7H13NO2/c1-6(9)7(10)4-2-3-5-8-7/h8,10H,2-5H2,1H3. The van der Waals surface area contributed by atoms with Crippen molar-refractivity contribution in [3.05, 3.63) is 0 Å². The van der Waals surface area contributed by atoms with Crippen LogP contribution in [0.4, 0.5) is 0 Å². The van der Waals surface area contributed by atoms with Crippen molar-refractivity contribution in [2.24, 2.45) is 0 Å². The molecule has 0 radical (unpaired) electrons. The van der Waals surface area contributed by atoms with Crippen LogP contribution in [-0.2, 0) is 4.79 Å². The fourth-order valence-corrected chi connectivity index (χ4v) is 1.19. The summed E-state index contributed by atoms with van der Waals surface area (Å²) in [7, 11) is 0. The first kappa shape index (κ1) is 7.69. The summed E-state index contributed by atoms with van der Waals surface area (Å²) in [6.07, 6.45) is 2.54. The molecule has 0 spiro atoms. The first-order valence-corrected chi connectivity index (χ1v) is 3.63. The van der Waals surface area contributed by atoms with E-state index in [9.17, 15) is 9.90 Å². The normalized spacial score (nSPS) is 33.8. The Hall–Kier alpha value is -0.410. The second-order valence-electron chi connectivity index (χ2n) is 2.80. The van der Waals surface area contributed by atoms with E-state index in [4.69, 9.17) is 0 Å². The number of piperidine rings is 1. The van der Waals surface area contributed by atoms with Crippen LogP contribution in [0.3, 0.4) is 0 Å². The molecule has 0 aromatic heterocycles. The minimum atomic E-state index is -1.21. The van der Waals surface area contributed by atoms with E-state index in [0.29, 0.717) is 6.42 Å². The van der Waals surface area contributed by atoms with Crippen molar-refractivity contribution in [2.75, 3.05) is 6.54 Å². The first-order valence-electron chi connectivity index (χ1n) is 3.63. The van der Waals surface area contributed by atoms with Gasteiger partial charge in [0.05, 0.1) is 0 Å². The van der Waals surface area contributed by atoms with Crippen LogP contribution in [0.15, 0.2) is 0 Å². The van der Waals surface area contributed by atoms with Crippen molar-refractivity contribution in [3.63, 3.8) is 0 Å². The number of hydrogen-bond acceptors (Lipinski definition) is 3. The van der Waals surface area contributed by atoms with E-state index in [2.05, 4.69) is 5.32 Å². The van der Waals surface area contributed by atoms with Gasteiger partial charge in [0.1, 0.15) is 0 Å². The number of ketones is 1. The molecular weight excluding hydrogens is 130 g/mol. The summed E-state index contributed by atoms with van der Waals surface area (Å²) in [5.74, 6) is -0.174. The summed E-state index contributed by atoms with van der Waals surface area (Å²) >= 11 is 0. The molecule has 1 aliphatic heterocycles. The Morgan fingerprint density at radius 2 is 2.30 bits per heavy atom. The van der Waals surface area contributed by atoms with Crippen LogP contribution in [0.2, 0.25) is 0 Å². The number of hydrogen-bond donors (Lipinski definition) is 2. The highest BCUT2D eigenvalue weighted by atomic mass is 16.3. The van der Waals surface area contributed by atoms with Gasteiger partial charge in [-0.3, -0.25) is 10.1 Å². The molecule has 1 saturated heterocycles. The summed E-state index contributed by atoms with van der Waals surface area (Å²) in [5, 5.41) is 12.3. The van der Waals surface area contributed by atoms with Gasteiger partial charge in [0.15, 0.2) is 11.5 Å². The van der Waals surface area contributed by atoms with Gasteiger partial charge in [-0.05, 0) is 32.7 Å². The van der Waals surface area contributed by atoms with Crippen molar-refractivity contribution in [2.45, 2.75) is 31.9 Å². The summed E-state index contributed by atoms with van der Waals surface area (Å²) < 4.78 is 0. The summed E-state index contributed by atoms with van der Waals surface area (Å²) in [4.78, 5) is 10.8. The molecule has 0 aliphatic carbocycles. The molecule has 1 aliphatic rings. The van der Waals surface area contributed by atoms with Crippen LogP contribution in [-0.4, -0.2) is 23.2 Å². The number of Topliss-reactive ketones (excluding diaryl/α,β-unsaturated/α-hetero) is 1. The summed E-state index contributed by atoms with van der Waals surface area (Å²) in [5.41, 5.74) is -1.21. The quantitative estimate of drug-likeness (QED) is 0.544. The largest absolute Gasteiger partial charge is 0.369 e. The maximum absolute atomic E-state index is 10.8. The number of carbonyl (C=O) groups excluding carboxylic acids is 1. The number of nitrogens with one attached hydrogen (secondary N) is 1. The van der Waals surface area contributed by atoms with E-state index in [-0.39, 0.29) is 5.78 Å². The van der Waals surface area contributed by atoms with E-state index >= 15 is 0 Å². The molecule has 0 aromatic carbocycles. The molecule has 2 N–H and O–H groups in total. The third kappa shape index (κ3) is 1.36. The average Bonchev–Trinajstić information content (AvgIpc) is 1.89. The van der Waals surface area contributed by atoms with Gasteiger partial charge in [0, 0.05) is 0 Å². The zero-order valence-corrected chi connectivity index (χ0v) is 6.18. The zero-order chi connectivity index (χ0) is 7.61. The van der Waals surface area contributed by atoms with E-state index in [1.165, 1.54) is 6.92 Å². The van der Waals surface area contributed by atoms with Crippen molar-refractivity contribution in [1.82, 2.24) is 5.32 Å². The lowest BCUT2D eigenvalue weighted by molar-refractivity contribution is -0.141. The highest BCUT2D eigenvalue weighted by Crippen LogP contribution is 2.16. The summed E-state index contributed by atoms with van der Waals surface area (Å²) in [6, 6.07) is 0. The third-order valence-electron chi connectivity index (χ3n) is 1.97. The van der Waals surface area contributed by atoms with E-state index in [1.807, 2.05) is 0 Å². The smallest absolute Gasteiger partial charge is 0.176 e. The molecule has 1 rings (SSSR count). The molecule has 3 heteroatoms. The highest BCUT2D eigenvalue weighted by Gasteiger charge is 2.33. The monoisotopic (exact) mass is 143 g/mol. The van der Waals surface area contributed by atoms with E-state index in [1.54, 1.807) is 0 Å². The Kier molecular flexibility index (Phi) is 2.06. The second-order valence-corrected chi connectivity index (χ2v) is 2.80. The van der Waals surface area contributed by atoms with Gasteiger partial charge >= 0.3 is 0 Å². The van der Waals surface area contributed by atoms with Gasteiger partial charge in [0.25, 0.3) is 0 Å². The molecule has 3 nitrogen and oxygen atoms in total. The zero-order valence-electron chi connectivity index (χ0n) is 6.18. The molecular formula is C7H13NO2. The molecule has 1 fully saturated rings. The summed E-state index contributed by atoms with van der Waals surface area (Å²) in [6.45, 7) is 2.16. The first-order chi connectivity index (χ1) is 4.65. The maximum Gasteiger partial charge on any atom is 0.176 e. The minimum Gasteiger partial charge on any atom is -0.369 e. The van der Waals surface area contributed by atoms with Gasteiger partial charge in [0.2, 0.25) is 0 Å². The Morgan fingerprint density at radius 3 is 2.60 bits per heavy atom. The average molecular weight is 143 g/mol. The molecule has 0 aromatic rings. The van der Waals surface area contributed by atoms with Gasteiger partial charge in [-0.1, -0.05) is 0 Å². The predicted octanol–water partition coefficient (Wildman–Crippen LogP) is 0.0375. The molecule has 1 atom stereocenters. The molecule has 0 bridgehead atoms. The van der Waals surface area contributed by atoms with E-state index in [0.717, 1.165) is 19.4 Å². The van der Waals surface area contributed by atoms with Gasteiger partial charge < -0.3 is 5.11 Å². The Balaban J connectivity index is 2.56. The van der Waals surface area contributed by atoms with Gasteiger partial charge in [-0.25, -0.2) is 0 Å². The number of aliphatic hydroxyl groups is 1. The van der Waals surface area contributed by atoms with Crippen LogP contribution in [0.1, 0.15) is 26.2 Å². The molecule has 0 amide bonds. The molecule has 0 saturated carbocycles. The Bertz CT molecular complexity index is 139. The van der Waals surface area contributed by atoms with Crippen LogP contribution in [0.25, 0.3) is 0 Å². The van der Waals surface area contributed by atoms with Gasteiger partial charge in [-0.2, -0.15) is 0 Å². The Morgan fingerprint density at radius 1 is 1.60 bits per heavy atom. The topological polar surface area (TPSA) is 49.3 Å². The fourth-order valence-electron chi connectivity index (χ4n) is 1.19. The fraction of sp³-hybridized carbons (Fsp3) is 0.857. The lowest BCUT2D eigenvalue weighted by atomic mass is 9.98. The number of rotatable bonds is 1. The Labute approximate surface area is 60.4 Å². The number of carbonyl (C=O) groups is 1. The van der Waals surface area contributed by atoms with Gasteiger partial charge in [-0.15, -0.1) is 0 Å². The van der Waals surface area contributed by atoms with Crippen molar-refractivity contribution in [3.8, 4) is 0 Å². The second kappa shape index (κ2) is 2.68. The maximum atomic E-state index is 10.8. The van der Waals surface area contributed by atoms with Crippen molar-refractivity contribution in [1.29, 1.82) is 0 Å². The molecule has 10 heavy (non-hydrogen) atoms. The third-order valence-corrected chi connectivity index (χ3v) is 1.97. The van der Waals surface area contributed by atoms with Crippen LogP contribution >= 0.6 is 0 Å². The lowest BCUT2D eigenvalue weighted by Crippen LogP contribution is -2.53.